The Balaban J connectivity index is 2.41. The van der Waals surface area contributed by atoms with Crippen molar-refractivity contribution >= 4 is 11.5 Å². The lowest BCUT2D eigenvalue weighted by Crippen LogP contribution is -3.00. The highest BCUT2D eigenvalue weighted by atomic mass is 19.4. The average Bonchev–Trinajstić information content (AvgIpc) is 2.60. The number of hydrogen-bond donors (Lipinski definition) is 2. The Bertz CT molecular complexity index is 809. The molecule has 2 aromatic carbocycles. The number of nitrogens with one attached hydrogen (secondary N) is 2. The molecule has 2 rings (SSSR count). The highest BCUT2D eigenvalue weighted by Gasteiger charge is 2.36. The summed E-state index contributed by atoms with van der Waals surface area (Å²) >= 11 is 0. The number of benzene rings is 2. The van der Waals surface area contributed by atoms with Gasteiger partial charge in [0.25, 0.3) is 5.78 Å². The molecular formula is C20H20F3N2O+. The normalized spacial score (nSPS) is 12.6. The Kier molecular flexibility index (Phi) is 6.36. The number of quaternary nitrogens is 1. The minimum Gasteiger partial charge on any atom is -0.355 e. The highest BCUT2D eigenvalue weighted by molar-refractivity contribution is 5.96. The smallest absolute Gasteiger partial charge is 0.355 e. The molecule has 2 N–H and O–H groups in total. The quantitative estimate of drug-likeness (QED) is 0.610. The van der Waals surface area contributed by atoms with E-state index in [1.165, 1.54) is 6.08 Å². The van der Waals surface area contributed by atoms with Crippen LogP contribution in [-0.4, -0.2) is 26.1 Å². The third-order valence-electron chi connectivity index (χ3n) is 3.45. The number of carbonyl (C=O) groups excluding carboxylic acids is 1. The molecule has 0 bridgehead atoms. The van der Waals surface area contributed by atoms with Crippen LogP contribution in [-0.2, 0) is 4.79 Å². The summed E-state index contributed by atoms with van der Waals surface area (Å²) in [7, 11) is 3.63. The first-order chi connectivity index (χ1) is 12.3. The number of halogens is 3. The van der Waals surface area contributed by atoms with Crippen LogP contribution in [0, 0.1) is 0 Å². The maximum atomic E-state index is 12.6. The van der Waals surface area contributed by atoms with Crippen LogP contribution < -0.4 is 10.2 Å². The van der Waals surface area contributed by atoms with Gasteiger partial charge in [-0.05, 0) is 11.6 Å². The number of ketones is 1. The number of hydrogen-bond acceptors (Lipinski definition) is 2. The third kappa shape index (κ3) is 5.60. The minimum absolute atomic E-state index is 0.0666. The van der Waals surface area contributed by atoms with Crippen molar-refractivity contribution in [2.45, 2.75) is 6.18 Å². The fourth-order valence-electron chi connectivity index (χ4n) is 2.22. The lowest BCUT2D eigenvalue weighted by molar-refractivity contribution is -0.801. The van der Waals surface area contributed by atoms with Crippen LogP contribution in [0.2, 0.25) is 0 Å². The maximum absolute atomic E-state index is 12.6. The zero-order valence-corrected chi connectivity index (χ0v) is 14.5. The highest BCUT2D eigenvalue weighted by Crippen LogP contribution is 2.29. The van der Waals surface area contributed by atoms with Gasteiger partial charge in [0.1, 0.15) is 0 Å². The lowest BCUT2D eigenvalue weighted by Gasteiger charge is -2.13. The van der Waals surface area contributed by atoms with Gasteiger partial charge in [0.05, 0.1) is 20.3 Å². The second kappa shape index (κ2) is 8.49. The monoisotopic (exact) mass is 361 g/mol. The van der Waals surface area contributed by atoms with E-state index in [0.717, 1.165) is 16.0 Å². The molecule has 2 aromatic rings. The number of rotatable bonds is 6. The van der Waals surface area contributed by atoms with Crippen molar-refractivity contribution in [3.63, 3.8) is 0 Å². The molecule has 0 saturated heterocycles. The molecule has 136 valence electrons. The molecule has 0 aliphatic rings. The van der Waals surface area contributed by atoms with Crippen LogP contribution in [0.4, 0.5) is 18.9 Å². The number of alkyl halides is 3. The number of para-hydroxylation sites is 1. The van der Waals surface area contributed by atoms with Gasteiger partial charge in [-0.1, -0.05) is 48.5 Å². The van der Waals surface area contributed by atoms with Crippen LogP contribution in [0.25, 0.3) is 11.1 Å². The molecule has 0 heterocycles. The van der Waals surface area contributed by atoms with E-state index in [1.54, 1.807) is 18.3 Å². The zero-order chi connectivity index (χ0) is 19.2. The molecule has 3 nitrogen and oxygen atoms in total. The molecule has 0 aliphatic heterocycles. The first-order valence-electron chi connectivity index (χ1n) is 8.00. The Morgan fingerprint density at radius 3 is 2.23 bits per heavy atom. The van der Waals surface area contributed by atoms with Gasteiger partial charge in [0.15, 0.2) is 0 Å². The van der Waals surface area contributed by atoms with E-state index < -0.39 is 12.0 Å². The summed E-state index contributed by atoms with van der Waals surface area (Å²) in [4.78, 5) is 12.3. The number of anilines is 1. The second-order valence-electron chi connectivity index (χ2n) is 5.91. The van der Waals surface area contributed by atoms with Crippen LogP contribution in [0.1, 0.15) is 0 Å². The van der Waals surface area contributed by atoms with Crippen LogP contribution in [0.5, 0.6) is 0 Å². The summed E-state index contributed by atoms with van der Waals surface area (Å²) in [6.45, 7) is 0. The molecule has 0 saturated carbocycles. The largest absolute Gasteiger partial charge is 0.454 e. The first kappa shape index (κ1) is 19.5. The zero-order valence-electron chi connectivity index (χ0n) is 14.5. The molecule has 0 radical (unpaired) electrons. The Hall–Kier alpha value is -2.86. The van der Waals surface area contributed by atoms with E-state index in [1.807, 2.05) is 56.6 Å². The average molecular weight is 361 g/mol. The molecule has 0 fully saturated rings. The van der Waals surface area contributed by atoms with E-state index in [-0.39, 0.29) is 5.70 Å². The lowest BCUT2D eigenvalue weighted by atomic mass is 10.0. The van der Waals surface area contributed by atoms with Crippen molar-refractivity contribution in [1.29, 1.82) is 0 Å². The van der Waals surface area contributed by atoms with Gasteiger partial charge in [0, 0.05) is 29.1 Å². The van der Waals surface area contributed by atoms with Gasteiger partial charge in [-0.3, -0.25) is 4.79 Å². The van der Waals surface area contributed by atoms with Gasteiger partial charge < -0.3 is 10.2 Å². The molecular weight excluding hydrogens is 341 g/mol. The van der Waals surface area contributed by atoms with E-state index in [0.29, 0.717) is 11.8 Å². The Morgan fingerprint density at radius 1 is 1.00 bits per heavy atom. The maximum Gasteiger partial charge on any atom is 0.454 e. The van der Waals surface area contributed by atoms with Crippen LogP contribution in [0.3, 0.4) is 0 Å². The van der Waals surface area contributed by atoms with Crippen molar-refractivity contribution in [2.75, 3.05) is 19.4 Å². The van der Waals surface area contributed by atoms with Gasteiger partial charge in [-0.15, -0.1) is 0 Å². The first-order valence-corrected chi connectivity index (χ1v) is 8.00. The van der Waals surface area contributed by atoms with Gasteiger partial charge in [0.2, 0.25) is 0 Å². The van der Waals surface area contributed by atoms with Crippen LogP contribution >= 0.6 is 0 Å². The van der Waals surface area contributed by atoms with Gasteiger partial charge in [-0.25, -0.2) is 0 Å². The van der Waals surface area contributed by atoms with Crippen molar-refractivity contribution in [2.24, 2.45) is 0 Å². The molecule has 0 aromatic heterocycles. The molecule has 0 spiro atoms. The molecule has 0 atom stereocenters. The summed E-state index contributed by atoms with van der Waals surface area (Å²) in [5.74, 6) is -1.91. The Labute approximate surface area is 150 Å². The van der Waals surface area contributed by atoms with Crippen molar-refractivity contribution < 1.29 is 22.9 Å². The molecule has 0 amide bonds. The van der Waals surface area contributed by atoms with Crippen molar-refractivity contribution in [3.8, 4) is 11.1 Å². The summed E-state index contributed by atoms with van der Waals surface area (Å²) in [5, 5.41) is 2.94. The van der Waals surface area contributed by atoms with Crippen molar-refractivity contribution in [3.05, 3.63) is 78.6 Å². The Morgan fingerprint density at radius 2 is 1.62 bits per heavy atom. The fourth-order valence-corrected chi connectivity index (χ4v) is 2.22. The van der Waals surface area contributed by atoms with E-state index in [2.05, 4.69) is 5.32 Å². The second-order valence-corrected chi connectivity index (χ2v) is 5.91. The predicted octanol–water partition coefficient (Wildman–Crippen LogP) is 3.44. The number of carbonyl (C=O) groups is 1. The van der Waals surface area contributed by atoms with E-state index >= 15 is 0 Å². The van der Waals surface area contributed by atoms with E-state index in [4.69, 9.17) is 0 Å². The summed E-state index contributed by atoms with van der Waals surface area (Å²) in [6.07, 6.45) is -1.24. The van der Waals surface area contributed by atoms with Gasteiger partial charge >= 0.3 is 6.18 Å². The van der Waals surface area contributed by atoms with Gasteiger partial charge in [-0.2, -0.15) is 13.2 Å². The summed E-state index contributed by atoms with van der Waals surface area (Å²) < 4.78 is 37.9. The molecule has 26 heavy (non-hydrogen) atoms. The van der Waals surface area contributed by atoms with E-state index in [9.17, 15) is 18.0 Å². The minimum atomic E-state index is -4.91. The molecule has 0 unspecified atom stereocenters. The van der Waals surface area contributed by atoms with Crippen molar-refractivity contribution in [1.82, 2.24) is 0 Å². The summed E-state index contributed by atoms with van der Waals surface area (Å²) in [5.41, 5.74) is 2.42. The fraction of sp³-hybridized carbons (Fsp3) is 0.150. The molecule has 6 heteroatoms. The third-order valence-corrected chi connectivity index (χ3v) is 3.45. The standard InChI is InChI=1S/C20H19F3N2O/c1-25(2)13-12-16(14-19(26)20(21,22)23)24-18-11-7-6-10-17(18)15-8-4-3-5-9-15/h3-14,24H,1-2H3/p+1/b13-12+,16-14-. The number of allylic oxidation sites excluding steroid dienone is 2. The van der Waals surface area contributed by atoms with Crippen LogP contribution in [0.15, 0.2) is 78.6 Å². The topological polar surface area (TPSA) is 33.5 Å². The predicted molar refractivity (Wildman–Crippen MR) is 96.6 cm³/mol. The SMILES string of the molecule is C[NH+](C)/C=C/C(=C/C(=O)C(F)(F)F)Nc1ccccc1-c1ccccc1. The summed E-state index contributed by atoms with van der Waals surface area (Å²) in [6, 6.07) is 16.7. The molecule has 0 aliphatic carbocycles.